The number of likely N-dealkylation sites (tertiary alicyclic amines) is 1. The molecule has 2 N–H and O–H groups in total. The Morgan fingerprint density at radius 1 is 1.22 bits per heavy atom. The Hall–Kier alpha value is -2.37. The van der Waals surface area contributed by atoms with Crippen molar-refractivity contribution in [3.63, 3.8) is 0 Å². The molecule has 1 aromatic rings. The maximum atomic E-state index is 13.0. The molecular weight excluding hydrogens is 294 g/mol. The SMILES string of the molecule is CC(C)[C@@H](C(=O)N1CC[C@]2(C1)NC(=O)NC2=O)c1ccccc1. The third-order valence-corrected chi connectivity index (χ3v) is 4.69. The lowest BCUT2D eigenvalue weighted by Crippen LogP contribution is -2.50. The monoisotopic (exact) mass is 315 g/mol. The minimum Gasteiger partial charge on any atom is -0.339 e. The van der Waals surface area contributed by atoms with Crippen LogP contribution in [0.5, 0.6) is 0 Å². The van der Waals surface area contributed by atoms with Crippen LogP contribution in [0.2, 0.25) is 0 Å². The van der Waals surface area contributed by atoms with Crippen molar-refractivity contribution in [3.05, 3.63) is 35.9 Å². The van der Waals surface area contributed by atoms with Crippen LogP contribution in [0.1, 0.15) is 31.7 Å². The molecule has 4 amide bonds. The second kappa shape index (κ2) is 5.68. The summed E-state index contributed by atoms with van der Waals surface area (Å²) in [5.74, 6) is -0.421. The zero-order chi connectivity index (χ0) is 16.6. The standard InChI is InChI=1S/C17H21N3O3/c1-11(2)13(12-6-4-3-5-7-12)14(21)20-9-8-17(10-20)15(22)18-16(23)19-17/h3-7,11,13H,8-10H2,1-2H3,(H2,18,19,22,23)/t13-,17-/m1/s1. The maximum Gasteiger partial charge on any atom is 0.322 e. The van der Waals surface area contributed by atoms with E-state index in [0.717, 1.165) is 5.56 Å². The van der Waals surface area contributed by atoms with E-state index < -0.39 is 11.6 Å². The Bertz CT molecular complexity index is 644. The summed E-state index contributed by atoms with van der Waals surface area (Å²) in [7, 11) is 0. The number of benzene rings is 1. The highest BCUT2D eigenvalue weighted by atomic mass is 16.2. The van der Waals surface area contributed by atoms with Gasteiger partial charge >= 0.3 is 6.03 Å². The van der Waals surface area contributed by atoms with E-state index in [0.29, 0.717) is 13.0 Å². The van der Waals surface area contributed by atoms with Gasteiger partial charge in [0.15, 0.2) is 0 Å². The lowest BCUT2D eigenvalue weighted by Gasteiger charge is -2.27. The first-order valence-corrected chi connectivity index (χ1v) is 7.90. The summed E-state index contributed by atoms with van der Waals surface area (Å²) in [6.07, 6.45) is 0.454. The van der Waals surface area contributed by atoms with Gasteiger partial charge in [0.1, 0.15) is 5.54 Å². The van der Waals surface area contributed by atoms with Crippen molar-refractivity contribution in [2.24, 2.45) is 5.92 Å². The summed E-state index contributed by atoms with van der Waals surface area (Å²) in [6, 6.07) is 9.21. The minimum absolute atomic E-state index is 0.0111. The summed E-state index contributed by atoms with van der Waals surface area (Å²) in [5.41, 5.74) is 0.0266. The highest BCUT2D eigenvalue weighted by Gasteiger charge is 2.52. The smallest absolute Gasteiger partial charge is 0.322 e. The van der Waals surface area contributed by atoms with E-state index in [1.165, 1.54) is 0 Å². The molecule has 1 spiro atoms. The van der Waals surface area contributed by atoms with Gasteiger partial charge in [0.05, 0.1) is 12.5 Å². The van der Waals surface area contributed by atoms with E-state index >= 15 is 0 Å². The Morgan fingerprint density at radius 3 is 2.48 bits per heavy atom. The number of amides is 4. The van der Waals surface area contributed by atoms with Crippen LogP contribution in [-0.4, -0.2) is 41.4 Å². The van der Waals surface area contributed by atoms with Gasteiger partial charge in [-0.05, 0) is 17.9 Å². The van der Waals surface area contributed by atoms with Gasteiger partial charge in [-0.1, -0.05) is 44.2 Å². The minimum atomic E-state index is -0.953. The summed E-state index contributed by atoms with van der Waals surface area (Å²) >= 11 is 0. The lowest BCUT2D eigenvalue weighted by atomic mass is 9.87. The van der Waals surface area contributed by atoms with E-state index in [2.05, 4.69) is 10.6 Å². The first-order valence-electron chi connectivity index (χ1n) is 7.90. The molecule has 122 valence electrons. The van der Waals surface area contributed by atoms with Gasteiger partial charge in [0.2, 0.25) is 5.91 Å². The molecule has 0 saturated carbocycles. The van der Waals surface area contributed by atoms with Gasteiger partial charge in [-0.2, -0.15) is 0 Å². The quantitative estimate of drug-likeness (QED) is 0.824. The van der Waals surface area contributed by atoms with Gasteiger partial charge in [0.25, 0.3) is 5.91 Å². The fourth-order valence-electron chi connectivity index (χ4n) is 3.48. The summed E-state index contributed by atoms with van der Waals surface area (Å²) in [5, 5.41) is 4.94. The van der Waals surface area contributed by atoms with Crippen molar-refractivity contribution < 1.29 is 14.4 Å². The van der Waals surface area contributed by atoms with Crippen molar-refractivity contribution in [1.29, 1.82) is 0 Å². The van der Waals surface area contributed by atoms with Crippen molar-refractivity contribution in [2.45, 2.75) is 31.7 Å². The van der Waals surface area contributed by atoms with E-state index in [9.17, 15) is 14.4 Å². The normalized spacial score (nSPS) is 24.9. The molecule has 3 rings (SSSR count). The van der Waals surface area contributed by atoms with Gasteiger partial charge in [-0.25, -0.2) is 4.79 Å². The Labute approximate surface area is 135 Å². The molecule has 0 unspecified atom stereocenters. The number of rotatable bonds is 3. The van der Waals surface area contributed by atoms with Crippen LogP contribution in [0.15, 0.2) is 30.3 Å². The van der Waals surface area contributed by atoms with Gasteiger partial charge < -0.3 is 10.2 Å². The van der Waals surface area contributed by atoms with E-state index in [1.54, 1.807) is 4.90 Å². The van der Waals surface area contributed by atoms with Crippen molar-refractivity contribution in [1.82, 2.24) is 15.5 Å². The molecule has 1 aromatic carbocycles. The average molecular weight is 315 g/mol. The van der Waals surface area contributed by atoms with Gasteiger partial charge in [-0.3, -0.25) is 14.9 Å². The van der Waals surface area contributed by atoms with Crippen molar-refractivity contribution >= 4 is 17.8 Å². The topological polar surface area (TPSA) is 78.5 Å². The van der Waals surface area contributed by atoms with Crippen molar-refractivity contribution in [2.75, 3.05) is 13.1 Å². The van der Waals surface area contributed by atoms with Crippen LogP contribution in [0, 0.1) is 5.92 Å². The van der Waals surface area contributed by atoms with Gasteiger partial charge in [-0.15, -0.1) is 0 Å². The molecule has 23 heavy (non-hydrogen) atoms. The van der Waals surface area contributed by atoms with E-state index in [1.807, 2.05) is 44.2 Å². The van der Waals surface area contributed by atoms with Crippen LogP contribution in [0.4, 0.5) is 4.79 Å². The highest BCUT2D eigenvalue weighted by Crippen LogP contribution is 2.31. The third-order valence-electron chi connectivity index (χ3n) is 4.69. The molecule has 2 aliphatic heterocycles. The first-order chi connectivity index (χ1) is 10.9. The first kappa shape index (κ1) is 15.5. The number of carbonyl (C=O) groups is 3. The summed E-state index contributed by atoms with van der Waals surface area (Å²) < 4.78 is 0. The predicted octanol–water partition coefficient (Wildman–Crippen LogP) is 1.24. The van der Waals surface area contributed by atoms with E-state index in [-0.39, 0.29) is 30.2 Å². The number of nitrogens with one attached hydrogen (secondary N) is 2. The maximum absolute atomic E-state index is 13.0. The molecule has 2 atom stereocenters. The molecule has 0 aromatic heterocycles. The molecule has 2 fully saturated rings. The number of imide groups is 1. The number of carbonyl (C=O) groups excluding carboxylic acids is 3. The molecule has 2 aliphatic rings. The highest BCUT2D eigenvalue weighted by molar-refractivity contribution is 6.07. The molecule has 2 saturated heterocycles. The molecule has 6 heteroatoms. The largest absolute Gasteiger partial charge is 0.339 e. The molecular formula is C17H21N3O3. The van der Waals surface area contributed by atoms with Crippen LogP contribution in [0.25, 0.3) is 0 Å². The molecule has 0 radical (unpaired) electrons. The van der Waals surface area contributed by atoms with Crippen LogP contribution >= 0.6 is 0 Å². The summed E-state index contributed by atoms with van der Waals surface area (Å²) in [6.45, 7) is 4.75. The molecule has 0 aliphatic carbocycles. The third kappa shape index (κ3) is 2.69. The zero-order valence-corrected chi connectivity index (χ0v) is 13.3. The van der Waals surface area contributed by atoms with E-state index in [4.69, 9.17) is 0 Å². The second-order valence-electron chi connectivity index (χ2n) is 6.63. The number of urea groups is 1. The number of hydrogen-bond acceptors (Lipinski definition) is 3. The number of nitrogens with zero attached hydrogens (tertiary/aromatic N) is 1. The summed E-state index contributed by atoms with van der Waals surface area (Å²) in [4.78, 5) is 38.1. The lowest BCUT2D eigenvalue weighted by molar-refractivity contribution is -0.133. The van der Waals surface area contributed by atoms with Crippen LogP contribution in [-0.2, 0) is 9.59 Å². The number of hydrogen-bond donors (Lipinski definition) is 2. The Kier molecular flexibility index (Phi) is 3.83. The van der Waals surface area contributed by atoms with Gasteiger partial charge in [0, 0.05) is 6.54 Å². The van der Waals surface area contributed by atoms with Crippen molar-refractivity contribution in [3.8, 4) is 0 Å². The zero-order valence-electron chi connectivity index (χ0n) is 13.3. The predicted molar refractivity (Wildman–Crippen MR) is 84.6 cm³/mol. The van der Waals surface area contributed by atoms with Crippen LogP contribution in [0.3, 0.4) is 0 Å². The molecule has 0 bridgehead atoms. The molecule has 6 nitrogen and oxygen atoms in total. The Balaban J connectivity index is 1.80. The Morgan fingerprint density at radius 2 is 1.91 bits per heavy atom. The molecule has 2 heterocycles. The van der Waals surface area contributed by atoms with Crippen LogP contribution < -0.4 is 10.6 Å². The fourth-order valence-corrected chi connectivity index (χ4v) is 3.48. The second-order valence-corrected chi connectivity index (χ2v) is 6.63. The fraction of sp³-hybridized carbons (Fsp3) is 0.471. The average Bonchev–Trinajstić information content (AvgIpc) is 3.04.